The number of hydrogen-bond acceptors (Lipinski definition) is 5. The van der Waals surface area contributed by atoms with Crippen molar-refractivity contribution in [2.24, 2.45) is 5.11 Å². The summed E-state index contributed by atoms with van der Waals surface area (Å²) in [5, 5.41) is 14.0. The molecule has 0 saturated carbocycles. The van der Waals surface area contributed by atoms with Crippen LogP contribution in [0.4, 0.5) is 11.4 Å². The first kappa shape index (κ1) is 12.7. The second kappa shape index (κ2) is 5.23. The molecule has 1 aliphatic rings. The van der Waals surface area contributed by atoms with Crippen LogP contribution in [0.2, 0.25) is 0 Å². The molecule has 0 bridgehead atoms. The number of rotatable bonds is 4. The van der Waals surface area contributed by atoms with Gasteiger partial charge < -0.3 is 9.64 Å². The third-order valence-corrected chi connectivity index (χ3v) is 2.58. The summed E-state index contributed by atoms with van der Waals surface area (Å²) in [7, 11) is 0. The molecular formula is C10H9N5O4. The highest BCUT2D eigenvalue weighted by Crippen LogP contribution is 2.34. The molecule has 0 aromatic heterocycles. The number of benzene rings is 1. The molecule has 0 saturated heterocycles. The van der Waals surface area contributed by atoms with Gasteiger partial charge in [0.15, 0.2) is 12.4 Å². The molecule has 0 fully saturated rings. The molecule has 98 valence electrons. The first-order valence-electron chi connectivity index (χ1n) is 5.36. The maximum absolute atomic E-state index is 11.7. The van der Waals surface area contributed by atoms with Crippen LogP contribution in [0.3, 0.4) is 0 Å². The number of anilines is 1. The molecular weight excluding hydrogens is 254 g/mol. The monoisotopic (exact) mass is 263 g/mol. The number of carbonyl (C=O) groups is 1. The minimum atomic E-state index is -0.537. The molecule has 0 radical (unpaired) electrons. The lowest BCUT2D eigenvalue weighted by Crippen LogP contribution is -2.40. The van der Waals surface area contributed by atoms with Gasteiger partial charge in [-0.1, -0.05) is 5.11 Å². The van der Waals surface area contributed by atoms with E-state index in [1.807, 2.05) is 0 Å². The minimum absolute atomic E-state index is 0.108. The number of amides is 1. The molecule has 9 heteroatoms. The van der Waals surface area contributed by atoms with Gasteiger partial charge in [0.05, 0.1) is 16.7 Å². The Morgan fingerprint density at radius 3 is 3.05 bits per heavy atom. The van der Waals surface area contributed by atoms with Gasteiger partial charge in [-0.15, -0.1) is 0 Å². The zero-order valence-electron chi connectivity index (χ0n) is 9.72. The lowest BCUT2D eigenvalue weighted by Gasteiger charge is -2.28. The quantitative estimate of drug-likeness (QED) is 0.269. The van der Waals surface area contributed by atoms with E-state index in [9.17, 15) is 14.9 Å². The lowest BCUT2D eigenvalue weighted by atomic mass is 10.2. The van der Waals surface area contributed by atoms with E-state index >= 15 is 0 Å². The van der Waals surface area contributed by atoms with Crippen molar-refractivity contribution in [3.05, 3.63) is 38.8 Å². The average molecular weight is 263 g/mol. The molecule has 1 heterocycles. The molecule has 0 unspecified atom stereocenters. The van der Waals surface area contributed by atoms with Gasteiger partial charge in [-0.3, -0.25) is 14.9 Å². The molecule has 9 nitrogen and oxygen atoms in total. The third-order valence-electron chi connectivity index (χ3n) is 2.58. The number of nitro benzene ring substituents is 1. The molecule has 1 aliphatic heterocycles. The van der Waals surface area contributed by atoms with Crippen LogP contribution < -0.4 is 9.64 Å². The van der Waals surface area contributed by atoms with Crippen LogP contribution in [0.25, 0.3) is 10.4 Å². The highest BCUT2D eigenvalue weighted by molar-refractivity contribution is 5.98. The largest absolute Gasteiger partial charge is 0.481 e. The molecule has 1 amide bonds. The van der Waals surface area contributed by atoms with Crippen LogP contribution in [-0.2, 0) is 4.79 Å². The summed E-state index contributed by atoms with van der Waals surface area (Å²) in [5.74, 6) is -0.00997. The van der Waals surface area contributed by atoms with E-state index in [1.54, 1.807) is 0 Å². The normalized spacial score (nSPS) is 13.3. The first-order valence-corrected chi connectivity index (χ1v) is 5.36. The first-order chi connectivity index (χ1) is 9.13. The number of non-ortho nitro benzene ring substituents is 1. The van der Waals surface area contributed by atoms with Crippen LogP contribution >= 0.6 is 0 Å². The van der Waals surface area contributed by atoms with Crippen molar-refractivity contribution in [1.29, 1.82) is 0 Å². The van der Waals surface area contributed by atoms with E-state index < -0.39 is 4.92 Å². The molecule has 0 atom stereocenters. The Kier molecular flexibility index (Phi) is 3.48. The zero-order valence-corrected chi connectivity index (χ0v) is 9.72. The fourth-order valence-corrected chi connectivity index (χ4v) is 1.74. The number of fused-ring (bicyclic) bond motifs is 1. The fourth-order valence-electron chi connectivity index (χ4n) is 1.74. The van der Waals surface area contributed by atoms with Gasteiger partial charge in [0.2, 0.25) is 0 Å². The minimum Gasteiger partial charge on any atom is -0.481 e. The van der Waals surface area contributed by atoms with Crippen molar-refractivity contribution in [2.75, 3.05) is 24.6 Å². The number of azide groups is 1. The summed E-state index contributed by atoms with van der Waals surface area (Å²) in [6.07, 6.45) is 0. The van der Waals surface area contributed by atoms with Crippen molar-refractivity contribution < 1.29 is 14.5 Å². The molecule has 0 spiro atoms. The summed E-state index contributed by atoms with van der Waals surface area (Å²) in [6.45, 7) is 0.139. The van der Waals surface area contributed by atoms with Gasteiger partial charge in [-0.2, -0.15) is 0 Å². The number of carbonyl (C=O) groups excluding carboxylic acids is 1. The van der Waals surface area contributed by atoms with Crippen LogP contribution in [0.15, 0.2) is 23.3 Å². The van der Waals surface area contributed by atoms with E-state index in [2.05, 4.69) is 10.0 Å². The maximum atomic E-state index is 11.7. The summed E-state index contributed by atoms with van der Waals surface area (Å²) in [5.41, 5.74) is 8.54. The highest BCUT2D eigenvalue weighted by atomic mass is 16.6. The smallest absolute Gasteiger partial charge is 0.273 e. The highest BCUT2D eigenvalue weighted by Gasteiger charge is 2.26. The number of nitro groups is 1. The standard InChI is InChI=1S/C10H9N5O4/c11-13-12-3-4-14-8-2-1-7(15(17)18)5-9(8)19-6-10(14)16/h1-2,5H,3-4,6H2. The van der Waals surface area contributed by atoms with Crippen molar-refractivity contribution in [2.45, 2.75) is 0 Å². The van der Waals surface area contributed by atoms with Crippen LogP contribution in [0.5, 0.6) is 5.75 Å². The number of ether oxygens (including phenoxy) is 1. The second-order valence-electron chi connectivity index (χ2n) is 3.70. The predicted octanol–water partition coefficient (Wildman–Crippen LogP) is 1.63. The Morgan fingerprint density at radius 2 is 2.37 bits per heavy atom. The van der Waals surface area contributed by atoms with E-state index in [0.717, 1.165) is 0 Å². The van der Waals surface area contributed by atoms with Crippen molar-refractivity contribution >= 4 is 17.3 Å². The molecule has 0 N–H and O–H groups in total. The molecule has 1 aromatic rings. The Morgan fingerprint density at radius 1 is 1.58 bits per heavy atom. The van der Waals surface area contributed by atoms with Crippen molar-refractivity contribution in [3.8, 4) is 5.75 Å². The van der Waals surface area contributed by atoms with Crippen molar-refractivity contribution in [3.63, 3.8) is 0 Å². The zero-order chi connectivity index (χ0) is 13.8. The SMILES string of the molecule is [N-]=[N+]=NCCN1C(=O)COc2cc([N+](=O)[O-])ccc21. The van der Waals surface area contributed by atoms with Crippen LogP contribution in [0, 0.1) is 10.1 Å². The van der Waals surface area contributed by atoms with Crippen molar-refractivity contribution in [1.82, 2.24) is 0 Å². The van der Waals surface area contributed by atoms with Gasteiger partial charge in [0.25, 0.3) is 11.6 Å². The second-order valence-corrected chi connectivity index (χ2v) is 3.70. The number of nitrogens with zero attached hydrogens (tertiary/aromatic N) is 5. The van der Waals surface area contributed by atoms with Gasteiger partial charge in [-0.05, 0) is 11.6 Å². The lowest BCUT2D eigenvalue weighted by molar-refractivity contribution is -0.384. The Labute approximate surface area is 107 Å². The van der Waals surface area contributed by atoms with Crippen LogP contribution in [-0.4, -0.2) is 30.5 Å². The Bertz CT molecular complexity index is 581. The molecule has 0 aliphatic carbocycles. The summed E-state index contributed by atoms with van der Waals surface area (Å²) in [6, 6.07) is 4.00. The fraction of sp³-hybridized carbons (Fsp3) is 0.300. The number of hydrogen-bond donors (Lipinski definition) is 0. The topological polar surface area (TPSA) is 121 Å². The molecule has 2 rings (SSSR count). The van der Waals surface area contributed by atoms with E-state index in [4.69, 9.17) is 10.3 Å². The third kappa shape index (κ3) is 2.55. The van der Waals surface area contributed by atoms with Gasteiger partial charge in [0, 0.05) is 24.1 Å². The Hall–Kier alpha value is -2.80. The van der Waals surface area contributed by atoms with E-state index in [-0.39, 0.29) is 37.0 Å². The summed E-state index contributed by atoms with van der Waals surface area (Å²) in [4.78, 5) is 25.8. The summed E-state index contributed by atoms with van der Waals surface area (Å²) >= 11 is 0. The Balaban J connectivity index is 2.30. The van der Waals surface area contributed by atoms with Gasteiger partial charge in [-0.25, -0.2) is 0 Å². The van der Waals surface area contributed by atoms with Gasteiger partial charge >= 0.3 is 0 Å². The summed E-state index contributed by atoms with van der Waals surface area (Å²) < 4.78 is 5.16. The average Bonchev–Trinajstić information content (AvgIpc) is 2.40. The van der Waals surface area contributed by atoms with E-state index in [1.165, 1.54) is 23.1 Å². The molecule has 19 heavy (non-hydrogen) atoms. The van der Waals surface area contributed by atoms with Gasteiger partial charge in [0.1, 0.15) is 0 Å². The maximum Gasteiger partial charge on any atom is 0.273 e. The predicted molar refractivity (Wildman–Crippen MR) is 65.0 cm³/mol. The van der Waals surface area contributed by atoms with E-state index in [0.29, 0.717) is 5.69 Å². The van der Waals surface area contributed by atoms with Crippen LogP contribution in [0.1, 0.15) is 0 Å². The molecule has 1 aromatic carbocycles.